The van der Waals surface area contributed by atoms with Crippen LogP contribution >= 0.6 is 0 Å². The summed E-state index contributed by atoms with van der Waals surface area (Å²) in [5, 5.41) is 6.20. The van der Waals surface area contributed by atoms with Gasteiger partial charge in [-0.3, -0.25) is 4.79 Å². The summed E-state index contributed by atoms with van der Waals surface area (Å²) in [6, 6.07) is 2.93. The Hall–Kier alpha value is -1.78. The standard InChI is InChI=1S/C16H21FN2O2/c1-3-10-4-6-16(7-5-10)15(20)18-12-8-11(17)14(21-2)9-13(12)19-16/h8-10,19H,3-7H2,1-2H3,(H,18,20). The van der Waals surface area contributed by atoms with E-state index in [-0.39, 0.29) is 11.7 Å². The van der Waals surface area contributed by atoms with Crippen molar-refractivity contribution >= 4 is 17.3 Å². The molecule has 1 saturated carbocycles. The first-order valence-corrected chi connectivity index (χ1v) is 7.55. The van der Waals surface area contributed by atoms with Crippen LogP contribution in [0.5, 0.6) is 5.75 Å². The largest absolute Gasteiger partial charge is 0.494 e. The lowest BCUT2D eigenvalue weighted by Crippen LogP contribution is -2.54. The Balaban J connectivity index is 1.89. The van der Waals surface area contributed by atoms with E-state index < -0.39 is 11.4 Å². The summed E-state index contributed by atoms with van der Waals surface area (Å²) in [6.07, 6.45) is 4.88. The molecule has 1 heterocycles. The first kappa shape index (κ1) is 14.2. The molecule has 0 aromatic heterocycles. The van der Waals surface area contributed by atoms with Crippen LogP contribution in [0.4, 0.5) is 15.8 Å². The Morgan fingerprint density at radius 2 is 2.05 bits per heavy atom. The van der Waals surface area contributed by atoms with Crippen LogP contribution in [0.2, 0.25) is 0 Å². The molecule has 114 valence electrons. The van der Waals surface area contributed by atoms with Crippen LogP contribution in [-0.2, 0) is 4.79 Å². The van der Waals surface area contributed by atoms with Gasteiger partial charge in [-0.05, 0) is 31.6 Å². The number of rotatable bonds is 2. The van der Waals surface area contributed by atoms with Crippen LogP contribution in [0.3, 0.4) is 0 Å². The second-order valence-electron chi connectivity index (χ2n) is 6.05. The van der Waals surface area contributed by atoms with Crippen LogP contribution in [0.25, 0.3) is 0 Å². The van der Waals surface area contributed by atoms with Crippen molar-refractivity contribution < 1.29 is 13.9 Å². The number of ether oxygens (including phenoxy) is 1. The van der Waals surface area contributed by atoms with E-state index in [1.54, 1.807) is 6.07 Å². The number of hydrogen-bond acceptors (Lipinski definition) is 3. The molecule has 1 aliphatic heterocycles. The molecule has 4 nitrogen and oxygen atoms in total. The Labute approximate surface area is 124 Å². The Morgan fingerprint density at radius 1 is 1.33 bits per heavy atom. The van der Waals surface area contributed by atoms with Crippen molar-refractivity contribution in [2.75, 3.05) is 17.7 Å². The van der Waals surface area contributed by atoms with E-state index in [1.165, 1.54) is 13.2 Å². The monoisotopic (exact) mass is 292 g/mol. The number of fused-ring (bicyclic) bond motifs is 1. The summed E-state index contributed by atoms with van der Waals surface area (Å²) in [5.41, 5.74) is 0.672. The summed E-state index contributed by atoms with van der Waals surface area (Å²) in [6.45, 7) is 2.19. The molecule has 0 atom stereocenters. The van der Waals surface area contributed by atoms with Crippen molar-refractivity contribution in [3.05, 3.63) is 17.9 Å². The van der Waals surface area contributed by atoms with Crippen LogP contribution in [0.1, 0.15) is 39.0 Å². The van der Waals surface area contributed by atoms with E-state index >= 15 is 0 Å². The topological polar surface area (TPSA) is 50.4 Å². The third kappa shape index (κ3) is 2.34. The first-order valence-electron chi connectivity index (χ1n) is 7.55. The number of carbonyl (C=O) groups excluding carboxylic acids is 1. The molecule has 2 N–H and O–H groups in total. The van der Waals surface area contributed by atoms with Crippen molar-refractivity contribution in [1.29, 1.82) is 0 Å². The van der Waals surface area contributed by atoms with Gasteiger partial charge in [-0.2, -0.15) is 0 Å². The van der Waals surface area contributed by atoms with Gasteiger partial charge in [0.1, 0.15) is 5.54 Å². The van der Waals surface area contributed by atoms with Gasteiger partial charge in [0.05, 0.1) is 18.5 Å². The second-order valence-corrected chi connectivity index (χ2v) is 6.05. The predicted molar refractivity (Wildman–Crippen MR) is 80.2 cm³/mol. The number of carbonyl (C=O) groups is 1. The molecule has 2 aliphatic rings. The number of hydrogen-bond donors (Lipinski definition) is 2. The van der Waals surface area contributed by atoms with E-state index in [1.807, 2.05) is 0 Å². The van der Waals surface area contributed by atoms with Crippen molar-refractivity contribution in [3.63, 3.8) is 0 Å². The van der Waals surface area contributed by atoms with Gasteiger partial charge >= 0.3 is 0 Å². The molecule has 1 aromatic rings. The van der Waals surface area contributed by atoms with E-state index in [0.717, 1.165) is 37.8 Å². The predicted octanol–water partition coefficient (Wildman–Crippen LogP) is 3.54. The number of anilines is 2. The Morgan fingerprint density at radius 3 is 2.67 bits per heavy atom. The smallest absolute Gasteiger partial charge is 0.250 e. The maximum Gasteiger partial charge on any atom is 0.250 e. The molecule has 5 heteroatoms. The van der Waals surface area contributed by atoms with Gasteiger partial charge in [0.2, 0.25) is 5.91 Å². The van der Waals surface area contributed by atoms with Gasteiger partial charge in [0.15, 0.2) is 11.6 Å². The fourth-order valence-electron chi connectivity index (χ4n) is 3.40. The van der Waals surface area contributed by atoms with Crippen LogP contribution in [0.15, 0.2) is 12.1 Å². The highest BCUT2D eigenvalue weighted by Gasteiger charge is 2.44. The quantitative estimate of drug-likeness (QED) is 0.876. The number of methoxy groups -OCH3 is 1. The van der Waals surface area contributed by atoms with E-state index in [9.17, 15) is 9.18 Å². The zero-order valence-corrected chi connectivity index (χ0v) is 12.5. The van der Waals surface area contributed by atoms with Crippen LogP contribution in [-0.4, -0.2) is 18.6 Å². The third-order valence-electron chi connectivity index (χ3n) is 4.88. The zero-order valence-electron chi connectivity index (χ0n) is 12.5. The molecular formula is C16H21FN2O2. The molecular weight excluding hydrogens is 271 g/mol. The van der Waals surface area contributed by atoms with Gasteiger partial charge in [-0.15, -0.1) is 0 Å². The Kier molecular flexibility index (Phi) is 3.51. The van der Waals surface area contributed by atoms with E-state index in [2.05, 4.69) is 17.6 Å². The fraction of sp³-hybridized carbons (Fsp3) is 0.562. The molecule has 1 aliphatic carbocycles. The SMILES string of the molecule is CCC1CCC2(CC1)Nc1cc(OC)c(F)cc1NC2=O. The average molecular weight is 292 g/mol. The fourth-order valence-corrected chi connectivity index (χ4v) is 3.40. The van der Waals surface area contributed by atoms with Crippen LogP contribution < -0.4 is 15.4 Å². The molecule has 1 amide bonds. The molecule has 0 bridgehead atoms. The summed E-state index contributed by atoms with van der Waals surface area (Å²) in [5.74, 6) is 0.377. The highest BCUT2D eigenvalue weighted by Crippen LogP contribution is 2.42. The molecule has 1 spiro atoms. The van der Waals surface area contributed by atoms with E-state index in [4.69, 9.17) is 4.74 Å². The maximum atomic E-state index is 13.7. The van der Waals surface area contributed by atoms with Crippen LogP contribution in [0, 0.1) is 11.7 Å². The third-order valence-corrected chi connectivity index (χ3v) is 4.88. The molecule has 0 radical (unpaired) electrons. The number of nitrogens with one attached hydrogen (secondary N) is 2. The Bertz CT molecular complexity index is 566. The van der Waals surface area contributed by atoms with Crippen molar-refractivity contribution in [2.45, 2.75) is 44.6 Å². The zero-order chi connectivity index (χ0) is 15.0. The summed E-state index contributed by atoms with van der Waals surface area (Å²) < 4.78 is 18.8. The number of benzene rings is 1. The molecule has 3 rings (SSSR count). The van der Waals surface area contributed by atoms with Crippen molar-refractivity contribution in [3.8, 4) is 5.75 Å². The molecule has 1 fully saturated rings. The van der Waals surface area contributed by atoms with Gasteiger partial charge in [0.25, 0.3) is 0 Å². The lowest BCUT2D eigenvalue weighted by Gasteiger charge is -2.43. The van der Waals surface area contributed by atoms with Gasteiger partial charge in [-0.25, -0.2) is 4.39 Å². The summed E-state index contributed by atoms with van der Waals surface area (Å²) in [4.78, 5) is 12.5. The minimum atomic E-state index is -0.554. The summed E-state index contributed by atoms with van der Waals surface area (Å²) in [7, 11) is 1.44. The van der Waals surface area contributed by atoms with E-state index in [0.29, 0.717) is 11.6 Å². The normalized spacial score (nSPS) is 27.8. The lowest BCUT2D eigenvalue weighted by atomic mass is 9.74. The molecule has 1 aromatic carbocycles. The minimum absolute atomic E-state index is 0.0471. The molecule has 21 heavy (non-hydrogen) atoms. The lowest BCUT2D eigenvalue weighted by molar-refractivity contribution is -0.121. The first-order chi connectivity index (χ1) is 10.1. The van der Waals surface area contributed by atoms with Crippen molar-refractivity contribution in [1.82, 2.24) is 0 Å². The second kappa shape index (κ2) is 5.20. The number of amides is 1. The maximum absolute atomic E-state index is 13.7. The highest BCUT2D eigenvalue weighted by atomic mass is 19.1. The average Bonchev–Trinajstić information content (AvgIpc) is 2.49. The molecule has 0 saturated heterocycles. The van der Waals surface area contributed by atoms with Gasteiger partial charge < -0.3 is 15.4 Å². The van der Waals surface area contributed by atoms with Gasteiger partial charge in [-0.1, -0.05) is 13.3 Å². The van der Waals surface area contributed by atoms with Crippen molar-refractivity contribution in [2.24, 2.45) is 5.92 Å². The summed E-state index contributed by atoms with van der Waals surface area (Å²) >= 11 is 0. The van der Waals surface area contributed by atoms with Gasteiger partial charge in [0, 0.05) is 12.1 Å². The molecule has 0 unspecified atom stereocenters. The number of halogens is 1. The highest BCUT2D eigenvalue weighted by molar-refractivity contribution is 6.06. The minimum Gasteiger partial charge on any atom is -0.494 e.